The van der Waals surface area contributed by atoms with Crippen LogP contribution in [-0.2, 0) is 15.5 Å². The summed E-state index contributed by atoms with van der Waals surface area (Å²) in [7, 11) is 0.525. The van der Waals surface area contributed by atoms with Gasteiger partial charge >= 0.3 is 0 Å². The molecule has 3 nitrogen and oxygen atoms in total. The summed E-state index contributed by atoms with van der Waals surface area (Å²) >= 11 is 3.34. The molecule has 2 unspecified atom stereocenters. The monoisotopic (exact) mass is 291 g/mol. The maximum atomic E-state index is 11.8. The van der Waals surface area contributed by atoms with Crippen LogP contribution in [0, 0.1) is 0 Å². The van der Waals surface area contributed by atoms with Crippen LogP contribution in [0.3, 0.4) is 0 Å². The summed E-state index contributed by atoms with van der Waals surface area (Å²) < 4.78 is 17.7. The van der Waals surface area contributed by atoms with Gasteiger partial charge in [0.25, 0.3) is 0 Å². The Balaban J connectivity index is 2.61. The van der Waals surface area contributed by atoms with Crippen molar-refractivity contribution in [2.24, 2.45) is 5.73 Å². The molecule has 15 heavy (non-hydrogen) atoms. The van der Waals surface area contributed by atoms with Crippen molar-refractivity contribution in [2.75, 3.05) is 19.5 Å². The quantitative estimate of drug-likeness (QED) is 0.895. The minimum absolute atomic E-state index is 0.185. The minimum Gasteiger partial charge on any atom is -0.383 e. The van der Waals surface area contributed by atoms with Crippen molar-refractivity contribution in [3.05, 3.63) is 28.7 Å². The second-order valence-corrected chi connectivity index (χ2v) is 5.60. The summed E-state index contributed by atoms with van der Waals surface area (Å²) in [5, 5.41) is 0. The van der Waals surface area contributed by atoms with E-state index in [1.807, 2.05) is 24.3 Å². The van der Waals surface area contributed by atoms with Crippen molar-refractivity contribution < 1.29 is 8.95 Å². The van der Waals surface area contributed by atoms with E-state index in [1.165, 1.54) is 0 Å². The fourth-order valence-corrected chi connectivity index (χ4v) is 2.88. The summed E-state index contributed by atoms with van der Waals surface area (Å²) in [4.78, 5) is 0.788. The van der Waals surface area contributed by atoms with E-state index in [0.717, 1.165) is 9.37 Å². The van der Waals surface area contributed by atoms with E-state index in [0.29, 0.717) is 12.4 Å². The van der Waals surface area contributed by atoms with Crippen LogP contribution in [0.4, 0.5) is 0 Å². The fourth-order valence-electron chi connectivity index (χ4n) is 1.16. The third-order valence-corrected chi connectivity index (χ3v) is 3.81. The molecule has 0 radical (unpaired) electrons. The molecule has 1 aromatic carbocycles. The molecule has 2 atom stereocenters. The first-order chi connectivity index (χ1) is 7.13. The van der Waals surface area contributed by atoms with Crippen LogP contribution in [0.1, 0.15) is 0 Å². The van der Waals surface area contributed by atoms with Crippen LogP contribution in [0.25, 0.3) is 0 Å². The molecule has 5 heteroatoms. The molecule has 1 rings (SSSR count). The molecule has 0 fully saturated rings. The van der Waals surface area contributed by atoms with Gasteiger partial charge in [0.15, 0.2) is 0 Å². The van der Waals surface area contributed by atoms with Crippen molar-refractivity contribution in [3.63, 3.8) is 0 Å². The molecule has 84 valence electrons. The van der Waals surface area contributed by atoms with Gasteiger partial charge in [-0.3, -0.25) is 4.21 Å². The van der Waals surface area contributed by atoms with Gasteiger partial charge in [-0.25, -0.2) is 0 Å². The van der Waals surface area contributed by atoms with Crippen molar-refractivity contribution in [1.29, 1.82) is 0 Å². The molecule has 0 aliphatic heterocycles. The number of ether oxygens (including phenoxy) is 1. The Bertz CT molecular complexity index is 346. The Morgan fingerprint density at radius 3 is 2.93 bits per heavy atom. The second kappa shape index (κ2) is 6.37. The zero-order valence-corrected chi connectivity index (χ0v) is 10.9. The lowest BCUT2D eigenvalue weighted by Crippen LogP contribution is -2.31. The second-order valence-electron chi connectivity index (χ2n) is 3.18. The summed E-state index contributed by atoms with van der Waals surface area (Å²) in [6.45, 7) is 0.430. The molecular formula is C10H14BrNO2S. The van der Waals surface area contributed by atoms with Crippen LogP contribution in [-0.4, -0.2) is 29.7 Å². The predicted octanol–water partition coefficient (Wildman–Crippen LogP) is 1.53. The molecule has 0 saturated heterocycles. The number of nitrogens with two attached hydrogens (primary N) is 1. The van der Waals surface area contributed by atoms with Crippen LogP contribution in [0.15, 0.2) is 33.6 Å². The van der Waals surface area contributed by atoms with Gasteiger partial charge in [0.2, 0.25) is 0 Å². The standard InChI is InChI=1S/C10H14BrNO2S/c1-14-6-9(12)7-15(13)10-4-2-3-8(11)5-10/h2-5,9H,6-7,12H2,1H3. The van der Waals surface area contributed by atoms with Gasteiger partial charge in [-0.2, -0.15) is 0 Å². The Morgan fingerprint density at radius 2 is 2.33 bits per heavy atom. The summed E-state index contributed by atoms with van der Waals surface area (Å²) in [6.07, 6.45) is 0. The van der Waals surface area contributed by atoms with Gasteiger partial charge in [-0.1, -0.05) is 22.0 Å². The Hall–Kier alpha value is -0.230. The average molecular weight is 292 g/mol. The molecule has 2 N–H and O–H groups in total. The fraction of sp³-hybridized carbons (Fsp3) is 0.400. The highest BCUT2D eigenvalue weighted by atomic mass is 79.9. The lowest BCUT2D eigenvalue weighted by atomic mass is 10.4. The molecule has 0 spiro atoms. The van der Waals surface area contributed by atoms with E-state index in [4.69, 9.17) is 10.5 Å². The highest BCUT2D eigenvalue weighted by molar-refractivity contribution is 9.10. The zero-order chi connectivity index (χ0) is 11.3. The van der Waals surface area contributed by atoms with Crippen LogP contribution >= 0.6 is 15.9 Å². The predicted molar refractivity (Wildman–Crippen MR) is 65.3 cm³/mol. The normalized spacial score (nSPS) is 14.9. The van der Waals surface area contributed by atoms with Crippen molar-refractivity contribution in [3.8, 4) is 0 Å². The molecule has 0 heterocycles. The highest BCUT2D eigenvalue weighted by Gasteiger charge is 2.09. The largest absolute Gasteiger partial charge is 0.383 e. The Morgan fingerprint density at radius 1 is 1.60 bits per heavy atom. The minimum atomic E-state index is -1.06. The van der Waals surface area contributed by atoms with E-state index in [1.54, 1.807) is 7.11 Å². The van der Waals surface area contributed by atoms with Crippen LogP contribution in [0.2, 0.25) is 0 Å². The van der Waals surface area contributed by atoms with Crippen molar-refractivity contribution in [2.45, 2.75) is 10.9 Å². The van der Waals surface area contributed by atoms with E-state index in [9.17, 15) is 4.21 Å². The topological polar surface area (TPSA) is 52.3 Å². The maximum absolute atomic E-state index is 11.8. The van der Waals surface area contributed by atoms with Gasteiger partial charge in [-0.05, 0) is 18.2 Å². The number of methoxy groups -OCH3 is 1. The lowest BCUT2D eigenvalue weighted by Gasteiger charge is -2.09. The zero-order valence-electron chi connectivity index (χ0n) is 8.48. The summed E-state index contributed by atoms with van der Waals surface area (Å²) in [6, 6.07) is 7.25. The third-order valence-electron chi connectivity index (χ3n) is 1.81. The van der Waals surface area contributed by atoms with Gasteiger partial charge < -0.3 is 10.5 Å². The third kappa shape index (κ3) is 4.42. The first-order valence-electron chi connectivity index (χ1n) is 4.52. The van der Waals surface area contributed by atoms with Crippen molar-refractivity contribution >= 4 is 26.7 Å². The van der Waals surface area contributed by atoms with Gasteiger partial charge in [0.1, 0.15) is 0 Å². The Kier molecular flexibility index (Phi) is 5.45. The van der Waals surface area contributed by atoms with E-state index < -0.39 is 10.8 Å². The first kappa shape index (κ1) is 12.8. The molecule has 0 bridgehead atoms. The Labute approximate surface area is 101 Å². The highest BCUT2D eigenvalue weighted by Crippen LogP contribution is 2.15. The smallest absolute Gasteiger partial charge is 0.0622 e. The van der Waals surface area contributed by atoms with Gasteiger partial charge in [0.05, 0.1) is 17.4 Å². The van der Waals surface area contributed by atoms with E-state index >= 15 is 0 Å². The van der Waals surface area contributed by atoms with Crippen LogP contribution < -0.4 is 5.73 Å². The molecule has 0 aliphatic rings. The SMILES string of the molecule is COCC(N)CS(=O)c1cccc(Br)c1. The molecule has 0 saturated carbocycles. The first-order valence-corrected chi connectivity index (χ1v) is 6.63. The number of hydrogen-bond acceptors (Lipinski definition) is 3. The van der Waals surface area contributed by atoms with Crippen LogP contribution in [0.5, 0.6) is 0 Å². The molecule has 0 aromatic heterocycles. The summed E-state index contributed by atoms with van der Waals surface area (Å²) in [5.41, 5.74) is 5.73. The lowest BCUT2D eigenvalue weighted by molar-refractivity contribution is 0.186. The van der Waals surface area contributed by atoms with Crippen molar-refractivity contribution in [1.82, 2.24) is 0 Å². The number of halogens is 1. The summed E-state index contributed by atoms with van der Waals surface area (Å²) in [5.74, 6) is 0.421. The number of hydrogen-bond donors (Lipinski definition) is 1. The number of benzene rings is 1. The molecule has 1 aromatic rings. The molecule has 0 amide bonds. The van der Waals surface area contributed by atoms with E-state index in [-0.39, 0.29) is 6.04 Å². The van der Waals surface area contributed by atoms with Gasteiger partial charge in [0, 0.05) is 28.3 Å². The molecule has 0 aliphatic carbocycles. The maximum Gasteiger partial charge on any atom is 0.0622 e. The average Bonchev–Trinajstić information content (AvgIpc) is 2.18. The molecular weight excluding hydrogens is 278 g/mol. The van der Waals surface area contributed by atoms with Gasteiger partial charge in [-0.15, -0.1) is 0 Å². The number of rotatable bonds is 5. The van der Waals surface area contributed by atoms with E-state index in [2.05, 4.69) is 15.9 Å².